The number of rotatable bonds is 3. The third kappa shape index (κ3) is 2.19. The molecule has 0 fully saturated rings. The third-order valence-corrected chi connectivity index (χ3v) is 2.66. The molecule has 15 heavy (non-hydrogen) atoms. The molecule has 1 heterocycles. The molecule has 1 N–H and O–H groups in total. The third-order valence-electron chi connectivity index (χ3n) is 2.66. The Morgan fingerprint density at radius 1 is 1.47 bits per heavy atom. The highest BCUT2D eigenvalue weighted by atomic mass is 16.5. The largest absolute Gasteiger partial charge is 0.425 e. The average molecular weight is 210 g/mol. The second kappa shape index (κ2) is 4.47. The summed E-state index contributed by atoms with van der Waals surface area (Å²) in [5.74, 6) is 0.165. The molecule has 0 aromatic carbocycles. The molecule has 1 rings (SSSR count). The zero-order valence-electron chi connectivity index (χ0n) is 9.69. The highest BCUT2D eigenvalue weighted by Crippen LogP contribution is 2.15. The smallest absolute Gasteiger partial charge is 0.305 e. The highest BCUT2D eigenvalue weighted by molar-refractivity contribution is 5.10. The van der Waals surface area contributed by atoms with E-state index >= 15 is 0 Å². The molecule has 0 aliphatic rings. The van der Waals surface area contributed by atoms with Crippen LogP contribution >= 0.6 is 0 Å². The van der Waals surface area contributed by atoms with E-state index in [1.54, 1.807) is 6.20 Å². The molecule has 0 aliphatic carbocycles. The molecule has 4 heteroatoms. The summed E-state index contributed by atoms with van der Waals surface area (Å²) in [4.78, 5) is 15.9. The van der Waals surface area contributed by atoms with Crippen molar-refractivity contribution < 1.29 is 5.21 Å². The van der Waals surface area contributed by atoms with Gasteiger partial charge < -0.3 is 5.21 Å². The van der Waals surface area contributed by atoms with Crippen LogP contribution in [0.25, 0.3) is 0 Å². The molecule has 1 aromatic rings. The van der Waals surface area contributed by atoms with Gasteiger partial charge in [0.1, 0.15) is 5.69 Å². The fourth-order valence-corrected chi connectivity index (χ4v) is 1.40. The molecule has 4 nitrogen and oxygen atoms in total. The number of hydrogen-bond donors (Lipinski definition) is 1. The van der Waals surface area contributed by atoms with Crippen molar-refractivity contribution in [1.29, 1.82) is 0 Å². The minimum absolute atomic E-state index is 0.0807. The van der Waals surface area contributed by atoms with Gasteiger partial charge in [-0.25, -0.2) is 0 Å². The topological polar surface area (TPSA) is 55.1 Å². The number of hydrogen-bond acceptors (Lipinski definition) is 3. The molecule has 0 amide bonds. The predicted molar refractivity (Wildman–Crippen MR) is 58.5 cm³/mol. The van der Waals surface area contributed by atoms with Crippen LogP contribution in [0.4, 0.5) is 0 Å². The van der Waals surface area contributed by atoms with E-state index in [2.05, 4.69) is 4.98 Å². The van der Waals surface area contributed by atoms with Crippen LogP contribution in [-0.2, 0) is 0 Å². The first-order chi connectivity index (χ1) is 6.99. The Bertz CT molecular complexity index is 396. The van der Waals surface area contributed by atoms with Gasteiger partial charge in [0.2, 0.25) is 0 Å². The Balaban J connectivity index is 3.28. The Hall–Kier alpha value is -1.32. The molecule has 0 spiro atoms. The summed E-state index contributed by atoms with van der Waals surface area (Å²) in [5, 5.41) is 9.66. The summed E-state index contributed by atoms with van der Waals surface area (Å²) < 4.78 is 0.721. The zero-order valence-corrected chi connectivity index (χ0v) is 9.69. The normalized spacial score (nSPS) is 13.1. The quantitative estimate of drug-likeness (QED) is 0.777. The summed E-state index contributed by atoms with van der Waals surface area (Å²) in [5.41, 5.74) is 0.590. The van der Waals surface area contributed by atoms with E-state index < -0.39 is 5.56 Å². The molecular formula is C11H18N2O2. The predicted octanol–water partition coefficient (Wildman–Crippen LogP) is 2.12. The Labute approximate surface area is 89.5 Å². The first-order valence-corrected chi connectivity index (χ1v) is 5.30. The zero-order chi connectivity index (χ0) is 11.6. The number of aromatic nitrogens is 2. The number of nitrogens with zero attached hydrogens (tertiary/aromatic N) is 2. The average Bonchev–Trinajstić information content (AvgIpc) is 2.20. The van der Waals surface area contributed by atoms with Crippen molar-refractivity contribution in [3.05, 3.63) is 27.9 Å². The minimum atomic E-state index is -0.393. The summed E-state index contributed by atoms with van der Waals surface area (Å²) in [6.07, 6.45) is 2.41. The van der Waals surface area contributed by atoms with Crippen molar-refractivity contribution in [1.82, 2.24) is 9.71 Å². The van der Waals surface area contributed by atoms with E-state index in [9.17, 15) is 10.0 Å². The fourth-order valence-electron chi connectivity index (χ4n) is 1.40. The van der Waals surface area contributed by atoms with Crippen LogP contribution in [0.2, 0.25) is 0 Å². The van der Waals surface area contributed by atoms with Gasteiger partial charge in [-0.1, -0.05) is 27.7 Å². The van der Waals surface area contributed by atoms with Crippen LogP contribution in [0.15, 0.2) is 11.0 Å². The molecule has 0 aliphatic heterocycles. The van der Waals surface area contributed by atoms with E-state index in [1.807, 2.05) is 27.7 Å². The van der Waals surface area contributed by atoms with E-state index in [0.717, 1.165) is 11.2 Å². The van der Waals surface area contributed by atoms with Crippen molar-refractivity contribution in [2.24, 2.45) is 0 Å². The van der Waals surface area contributed by atoms with Crippen molar-refractivity contribution in [2.75, 3.05) is 0 Å². The van der Waals surface area contributed by atoms with Gasteiger partial charge in [-0.2, -0.15) is 0 Å². The summed E-state index contributed by atoms with van der Waals surface area (Å²) in [7, 11) is 0. The van der Waals surface area contributed by atoms with Crippen molar-refractivity contribution in [3.8, 4) is 0 Å². The molecule has 1 aromatic heterocycles. The second-order valence-corrected chi connectivity index (χ2v) is 4.15. The summed E-state index contributed by atoms with van der Waals surface area (Å²) >= 11 is 0. The van der Waals surface area contributed by atoms with Crippen LogP contribution < -0.4 is 5.56 Å². The van der Waals surface area contributed by atoms with Crippen LogP contribution in [0.5, 0.6) is 0 Å². The maximum Gasteiger partial charge on any atom is 0.305 e. The van der Waals surface area contributed by atoms with E-state index in [1.165, 1.54) is 0 Å². The Kier molecular flexibility index (Phi) is 3.50. The first kappa shape index (κ1) is 11.8. The molecule has 0 saturated carbocycles. The summed E-state index contributed by atoms with van der Waals surface area (Å²) in [6.45, 7) is 7.74. The minimum Gasteiger partial charge on any atom is -0.425 e. The van der Waals surface area contributed by atoms with Gasteiger partial charge in [0.15, 0.2) is 0 Å². The molecular weight excluding hydrogens is 192 g/mol. The lowest BCUT2D eigenvalue weighted by molar-refractivity contribution is 0.159. The highest BCUT2D eigenvalue weighted by Gasteiger charge is 2.15. The van der Waals surface area contributed by atoms with Crippen molar-refractivity contribution >= 4 is 0 Å². The van der Waals surface area contributed by atoms with Gasteiger partial charge >= 0.3 is 5.56 Å². The van der Waals surface area contributed by atoms with Gasteiger partial charge in [-0.3, -0.25) is 9.78 Å². The first-order valence-electron chi connectivity index (χ1n) is 5.30. The van der Waals surface area contributed by atoms with Gasteiger partial charge in [0.05, 0.1) is 11.9 Å². The lowest BCUT2D eigenvalue weighted by Gasteiger charge is -2.12. The van der Waals surface area contributed by atoms with Gasteiger partial charge in [0.25, 0.3) is 0 Å². The molecule has 84 valence electrons. The fraction of sp³-hybridized carbons (Fsp3) is 0.636. The molecule has 1 atom stereocenters. The van der Waals surface area contributed by atoms with E-state index in [4.69, 9.17) is 0 Å². The van der Waals surface area contributed by atoms with Gasteiger partial charge in [-0.05, 0) is 12.3 Å². The van der Waals surface area contributed by atoms with Crippen LogP contribution in [0, 0.1) is 0 Å². The van der Waals surface area contributed by atoms with Crippen LogP contribution in [0.1, 0.15) is 57.3 Å². The molecule has 0 bridgehead atoms. The van der Waals surface area contributed by atoms with Gasteiger partial charge in [0, 0.05) is 5.92 Å². The Morgan fingerprint density at radius 3 is 2.53 bits per heavy atom. The molecule has 0 saturated heterocycles. The maximum absolute atomic E-state index is 11.7. The SMILES string of the molecule is CC[C@@H](C)c1ncc(C(C)C)n(O)c1=O. The Morgan fingerprint density at radius 2 is 2.07 bits per heavy atom. The summed E-state index contributed by atoms with van der Waals surface area (Å²) in [6, 6.07) is 0. The monoisotopic (exact) mass is 210 g/mol. The lowest BCUT2D eigenvalue weighted by Crippen LogP contribution is -2.28. The maximum atomic E-state index is 11.7. The molecule has 0 radical (unpaired) electrons. The van der Waals surface area contributed by atoms with Crippen molar-refractivity contribution in [2.45, 2.75) is 46.0 Å². The van der Waals surface area contributed by atoms with E-state index in [-0.39, 0.29) is 11.8 Å². The lowest BCUT2D eigenvalue weighted by atomic mass is 10.0. The van der Waals surface area contributed by atoms with Crippen LogP contribution in [-0.4, -0.2) is 14.9 Å². The molecule has 0 unspecified atom stereocenters. The van der Waals surface area contributed by atoms with Gasteiger partial charge in [-0.15, -0.1) is 4.73 Å². The standard InChI is InChI=1S/C11H18N2O2/c1-5-8(4)10-11(14)13(15)9(6-12-10)7(2)3/h6-8,15H,5H2,1-4H3/t8-/m1/s1. The van der Waals surface area contributed by atoms with E-state index in [0.29, 0.717) is 11.4 Å². The van der Waals surface area contributed by atoms with Crippen LogP contribution in [0.3, 0.4) is 0 Å². The van der Waals surface area contributed by atoms with Crippen molar-refractivity contribution in [3.63, 3.8) is 0 Å². The second-order valence-electron chi connectivity index (χ2n) is 4.15.